The SMILES string of the molecule is C[C@@H](N)c1ccc(OCc2ccc(C#N)cc2F)cc1F. The second-order valence-corrected chi connectivity index (χ2v) is 4.68. The Balaban J connectivity index is 2.10. The number of hydrogen-bond donors (Lipinski definition) is 1. The fourth-order valence-electron chi connectivity index (χ4n) is 1.86. The lowest BCUT2D eigenvalue weighted by atomic mass is 10.1. The van der Waals surface area contributed by atoms with Crippen LogP contribution in [0.4, 0.5) is 8.78 Å². The maximum Gasteiger partial charge on any atom is 0.131 e. The van der Waals surface area contributed by atoms with Gasteiger partial charge < -0.3 is 10.5 Å². The van der Waals surface area contributed by atoms with Crippen molar-refractivity contribution in [1.29, 1.82) is 5.26 Å². The lowest BCUT2D eigenvalue weighted by Crippen LogP contribution is -2.07. The van der Waals surface area contributed by atoms with Gasteiger partial charge in [-0.25, -0.2) is 8.78 Å². The van der Waals surface area contributed by atoms with Gasteiger partial charge in [0.1, 0.15) is 24.0 Å². The molecule has 5 heteroatoms. The van der Waals surface area contributed by atoms with Crippen LogP contribution in [0.2, 0.25) is 0 Å². The van der Waals surface area contributed by atoms with E-state index in [1.54, 1.807) is 19.1 Å². The van der Waals surface area contributed by atoms with E-state index < -0.39 is 17.7 Å². The van der Waals surface area contributed by atoms with Gasteiger partial charge in [0.2, 0.25) is 0 Å². The monoisotopic (exact) mass is 288 g/mol. The van der Waals surface area contributed by atoms with Gasteiger partial charge in [0, 0.05) is 23.2 Å². The van der Waals surface area contributed by atoms with Gasteiger partial charge in [-0.15, -0.1) is 0 Å². The number of nitrogens with zero attached hydrogens (tertiary/aromatic N) is 1. The predicted molar refractivity (Wildman–Crippen MR) is 74.4 cm³/mol. The minimum atomic E-state index is -0.526. The van der Waals surface area contributed by atoms with Crippen LogP contribution in [-0.2, 0) is 6.61 Å². The molecule has 0 aliphatic rings. The molecule has 0 saturated heterocycles. The van der Waals surface area contributed by atoms with Crippen LogP contribution in [0.15, 0.2) is 36.4 Å². The Morgan fingerprint density at radius 3 is 2.52 bits per heavy atom. The summed E-state index contributed by atoms with van der Waals surface area (Å²) in [7, 11) is 0. The van der Waals surface area contributed by atoms with Gasteiger partial charge in [-0.2, -0.15) is 5.26 Å². The van der Waals surface area contributed by atoms with E-state index in [1.165, 1.54) is 18.2 Å². The quantitative estimate of drug-likeness (QED) is 0.937. The van der Waals surface area contributed by atoms with Gasteiger partial charge in [-0.1, -0.05) is 12.1 Å². The predicted octanol–water partition coefficient (Wildman–Crippen LogP) is 3.44. The van der Waals surface area contributed by atoms with E-state index >= 15 is 0 Å². The summed E-state index contributed by atoms with van der Waals surface area (Å²) in [6.45, 7) is 1.64. The number of ether oxygens (including phenoxy) is 1. The summed E-state index contributed by atoms with van der Waals surface area (Å²) in [6, 6.07) is 9.91. The molecule has 2 aromatic rings. The Kier molecular flexibility index (Phi) is 4.51. The number of hydrogen-bond acceptors (Lipinski definition) is 3. The van der Waals surface area contributed by atoms with Crippen molar-refractivity contribution in [3.63, 3.8) is 0 Å². The zero-order valence-corrected chi connectivity index (χ0v) is 11.4. The second-order valence-electron chi connectivity index (χ2n) is 4.68. The van der Waals surface area contributed by atoms with Crippen molar-refractivity contribution >= 4 is 0 Å². The summed E-state index contributed by atoms with van der Waals surface area (Å²) in [5.74, 6) is -0.690. The minimum absolute atomic E-state index is 0.0471. The lowest BCUT2D eigenvalue weighted by Gasteiger charge is -2.11. The highest BCUT2D eigenvalue weighted by atomic mass is 19.1. The van der Waals surface area contributed by atoms with E-state index in [0.717, 1.165) is 6.07 Å². The molecular weight excluding hydrogens is 274 g/mol. The number of halogens is 2. The highest BCUT2D eigenvalue weighted by Gasteiger charge is 2.09. The molecule has 0 spiro atoms. The third-order valence-corrected chi connectivity index (χ3v) is 3.04. The molecule has 21 heavy (non-hydrogen) atoms. The molecule has 2 aromatic carbocycles. The van der Waals surface area contributed by atoms with Crippen molar-refractivity contribution in [3.05, 3.63) is 64.7 Å². The van der Waals surface area contributed by atoms with E-state index in [0.29, 0.717) is 16.9 Å². The fraction of sp³-hybridized carbons (Fsp3) is 0.188. The van der Waals surface area contributed by atoms with Crippen LogP contribution in [0.25, 0.3) is 0 Å². The second kappa shape index (κ2) is 6.33. The summed E-state index contributed by atoms with van der Waals surface area (Å²) in [5.41, 5.74) is 6.55. The maximum absolute atomic E-state index is 13.7. The van der Waals surface area contributed by atoms with Crippen LogP contribution >= 0.6 is 0 Å². The van der Waals surface area contributed by atoms with Crippen LogP contribution in [0.1, 0.15) is 29.7 Å². The van der Waals surface area contributed by atoms with Gasteiger partial charge in [0.15, 0.2) is 0 Å². The van der Waals surface area contributed by atoms with E-state index in [4.69, 9.17) is 15.7 Å². The van der Waals surface area contributed by atoms with E-state index in [1.807, 2.05) is 6.07 Å². The average molecular weight is 288 g/mol. The van der Waals surface area contributed by atoms with E-state index in [-0.39, 0.29) is 12.2 Å². The summed E-state index contributed by atoms with van der Waals surface area (Å²) in [5, 5.41) is 8.66. The molecule has 0 aliphatic carbocycles. The van der Waals surface area contributed by atoms with E-state index in [9.17, 15) is 8.78 Å². The van der Waals surface area contributed by atoms with Gasteiger partial charge in [0.25, 0.3) is 0 Å². The molecule has 2 N–H and O–H groups in total. The zero-order chi connectivity index (χ0) is 15.4. The van der Waals surface area contributed by atoms with Crippen LogP contribution in [0.3, 0.4) is 0 Å². The molecule has 0 aromatic heterocycles. The number of nitriles is 1. The Morgan fingerprint density at radius 2 is 1.95 bits per heavy atom. The van der Waals surface area contributed by atoms with Crippen LogP contribution in [-0.4, -0.2) is 0 Å². The molecule has 0 aliphatic heterocycles. The molecule has 0 bridgehead atoms. The maximum atomic E-state index is 13.7. The first kappa shape index (κ1) is 14.9. The zero-order valence-electron chi connectivity index (χ0n) is 11.4. The average Bonchev–Trinajstić information content (AvgIpc) is 2.45. The van der Waals surface area contributed by atoms with Gasteiger partial charge in [-0.3, -0.25) is 0 Å². The largest absolute Gasteiger partial charge is 0.489 e. The van der Waals surface area contributed by atoms with Crippen LogP contribution < -0.4 is 10.5 Å². The Hall–Kier alpha value is -2.45. The molecule has 2 rings (SSSR count). The Bertz CT molecular complexity index is 693. The van der Waals surface area contributed by atoms with Crippen LogP contribution in [0, 0.1) is 23.0 Å². The third kappa shape index (κ3) is 3.56. The molecular formula is C16H14F2N2O. The Morgan fingerprint density at radius 1 is 1.19 bits per heavy atom. The highest BCUT2D eigenvalue weighted by Crippen LogP contribution is 2.22. The third-order valence-electron chi connectivity index (χ3n) is 3.04. The van der Waals surface area contributed by atoms with Crippen molar-refractivity contribution in [2.45, 2.75) is 19.6 Å². The van der Waals surface area contributed by atoms with Crippen molar-refractivity contribution in [1.82, 2.24) is 0 Å². The topological polar surface area (TPSA) is 59.0 Å². The lowest BCUT2D eigenvalue weighted by molar-refractivity contribution is 0.298. The normalized spacial score (nSPS) is 11.8. The number of nitrogens with two attached hydrogens (primary N) is 1. The molecule has 0 fully saturated rings. The van der Waals surface area contributed by atoms with Crippen LogP contribution in [0.5, 0.6) is 5.75 Å². The van der Waals surface area contributed by atoms with Crippen molar-refractivity contribution < 1.29 is 13.5 Å². The van der Waals surface area contributed by atoms with Crippen molar-refractivity contribution in [2.75, 3.05) is 0 Å². The van der Waals surface area contributed by atoms with Gasteiger partial charge in [0.05, 0.1) is 11.6 Å². The molecule has 0 heterocycles. The van der Waals surface area contributed by atoms with Crippen molar-refractivity contribution in [2.24, 2.45) is 5.73 Å². The summed E-state index contributed by atoms with van der Waals surface area (Å²) >= 11 is 0. The molecule has 108 valence electrons. The van der Waals surface area contributed by atoms with Gasteiger partial charge in [-0.05, 0) is 25.1 Å². The summed E-state index contributed by atoms with van der Waals surface area (Å²) in [6.07, 6.45) is 0. The fourth-order valence-corrected chi connectivity index (χ4v) is 1.86. The van der Waals surface area contributed by atoms with E-state index in [2.05, 4.69) is 0 Å². The van der Waals surface area contributed by atoms with Gasteiger partial charge >= 0.3 is 0 Å². The minimum Gasteiger partial charge on any atom is -0.489 e. The number of rotatable bonds is 4. The molecule has 1 atom stereocenters. The number of benzene rings is 2. The first-order valence-corrected chi connectivity index (χ1v) is 6.37. The molecule has 3 nitrogen and oxygen atoms in total. The smallest absolute Gasteiger partial charge is 0.131 e. The summed E-state index contributed by atoms with van der Waals surface area (Å²) < 4.78 is 32.8. The molecule has 0 unspecified atom stereocenters. The standard InChI is InChI=1S/C16H14F2N2O/c1-10(20)14-5-4-13(7-16(14)18)21-9-12-3-2-11(8-19)6-15(12)17/h2-7,10H,9,20H2,1H3/t10-/m1/s1. The first-order valence-electron chi connectivity index (χ1n) is 6.37. The first-order chi connectivity index (χ1) is 10.0. The Labute approximate surface area is 121 Å². The molecule has 0 saturated carbocycles. The molecule has 0 radical (unpaired) electrons. The summed E-state index contributed by atoms with van der Waals surface area (Å²) in [4.78, 5) is 0. The van der Waals surface area contributed by atoms with Crippen molar-refractivity contribution in [3.8, 4) is 11.8 Å². The highest BCUT2D eigenvalue weighted by molar-refractivity contribution is 5.34. The molecule has 0 amide bonds.